The molecule has 0 unspecified atom stereocenters. The van der Waals surface area contributed by atoms with Gasteiger partial charge >= 0.3 is 0 Å². The summed E-state index contributed by atoms with van der Waals surface area (Å²) < 4.78 is 5.54. The molecule has 47 heavy (non-hydrogen) atoms. The molecule has 0 bridgehead atoms. The van der Waals surface area contributed by atoms with E-state index in [0.29, 0.717) is 16.2 Å². The van der Waals surface area contributed by atoms with E-state index in [0.717, 1.165) is 43.6 Å². The van der Waals surface area contributed by atoms with Crippen molar-refractivity contribution in [3.05, 3.63) is 65.3 Å². The van der Waals surface area contributed by atoms with E-state index in [1.165, 1.54) is 16.7 Å². The highest BCUT2D eigenvalue weighted by Gasteiger charge is 2.17. The average molecular weight is 657 g/mol. The zero-order valence-corrected chi connectivity index (χ0v) is 33.0. The molecule has 4 rings (SSSR count). The summed E-state index contributed by atoms with van der Waals surface area (Å²) in [6, 6.07) is 0. The summed E-state index contributed by atoms with van der Waals surface area (Å²) in [5.41, 5.74) is 7.46. The largest absolute Gasteiger partial charge is 0.303 e. The Bertz CT molecular complexity index is 1290. The fourth-order valence-corrected chi connectivity index (χ4v) is 4.87. The van der Waals surface area contributed by atoms with Gasteiger partial charge in [-0.05, 0) is 78.1 Å². The van der Waals surface area contributed by atoms with Gasteiger partial charge in [-0.15, -0.1) is 0 Å². The van der Waals surface area contributed by atoms with Crippen molar-refractivity contribution in [1.82, 2.24) is 49.7 Å². The fourth-order valence-electron chi connectivity index (χ4n) is 4.87. The van der Waals surface area contributed by atoms with Crippen LogP contribution in [-0.2, 0) is 53.4 Å². The van der Waals surface area contributed by atoms with Crippen LogP contribution in [0.15, 0.2) is 37.2 Å². The highest BCUT2D eigenvalue weighted by molar-refractivity contribution is 5.10. The predicted molar refractivity (Wildman–Crippen MR) is 200 cm³/mol. The third-order valence-electron chi connectivity index (χ3n) is 6.35. The van der Waals surface area contributed by atoms with Crippen LogP contribution in [0.3, 0.4) is 0 Å². The highest BCUT2D eigenvalue weighted by Crippen LogP contribution is 2.22. The minimum Gasteiger partial charge on any atom is -0.303 e. The van der Waals surface area contributed by atoms with Gasteiger partial charge in [0, 0.05) is 49.1 Å². The van der Waals surface area contributed by atoms with Crippen molar-refractivity contribution in [2.24, 2.45) is 42.8 Å². The van der Waals surface area contributed by atoms with Gasteiger partial charge in [0.25, 0.3) is 0 Å². The van der Waals surface area contributed by atoms with E-state index in [1.54, 1.807) is 0 Å². The Kier molecular flexibility index (Phi) is 15.8. The van der Waals surface area contributed by atoms with Crippen LogP contribution in [0.2, 0.25) is 0 Å². The lowest BCUT2D eigenvalue weighted by atomic mass is 9.89. The number of hydrogen-bond acceptors (Lipinski definition) is 6. The second-order valence-corrected chi connectivity index (χ2v) is 18.0. The van der Waals surface area contributed by atoms with E-state index in [9.17, 15) is 0 Å². The molecule has 270 valence electrons. The first-order valence-electron chi connectivity index (χ1n) is 16.8. The van der Waals surface area contributed by atoms with E-state index in [4.69, 9.17) is 0 Å². The van der Waals surface area contributed by atoms with Crippen LogP contribution >= 0.6 is 0 Å². The molecule has 0 aliphatic heterocycles. The third kappa shape index (κ3) is 21.3. The summed E-state index contributed by atoms with van der Waals surface area (Å²) in [4.78, 5) is 2.10. The maximum atomic E-state index is 4.19. The first-order valence-corrected chi connectivity index (χ1v) is 16.8. The van der Waals surface area contributed by atoms with Crippen molar-refractivity contribution >= 4 is 0 Å². The third-order valence-corrected chi connectivity index (χ3v) is 6.35. The van der Waals surface area contributed by atoms with Crippen LogP contribution in [-0.4, -0.2) is 63.7 Å². The maximum absolute atomic E-state index is 4.19. The molecule has 0 atom stereocenters. The van der Waals surface area contributed by atoms with E-state index in [-0.39, 0.29) is 8.27 Å². The van der Waals surface area contributed by atoms with Gasteiger partial charge in [-0.25, -0.2) is 0 Å². The predicted octanol–water partition coefficient (Wildman–Crippen LogP) is 7.97. The lowest BCUT2D eigenvalue weighted by molar-refractivity contribution is 0.380. The average Bonchev–Trinajstić information content (AvgIpc) is 3.63. The number of aromatic amines is 1. The van der Waals surface area contributed by atoms with Crippen molar-refractivity contribution in [1.29, 1.82) is 0 Å². The topological polar surface area (TPSA) is 98.3 Å². The second kappa shape index (κ2) is 17.8. The van der Waals surface area contributed by atoms with Crippen LogP contribution in [0.4, 0.5) is 0 Å². The molecule has 4 aromatic heterocycles. The van der Waals surface area contributed by atoms with Crippen LogP contribution in [0, 0.1) is 21.7 Å². The molecule has 0 saturated carbocycles. The fraction of sp³-hybridized carbons (Fsp3) is 0.703. The molecule has 4 heterocycles. The van der Waals surface area contributed by atoms with Gasteiger partial charge in [-0.1, -0.05) is 83.1 Å². The molecule has 0 aliphatic carbocycles. The Labute approximate surface area is 289 Å². The van der Waals surface area contributed by atoms with Gasteiger partial charge in [0.1, 0.15) is 0 Å². The van der Waals surface area contributed by atoms with E-state index < -0.39 is 0 Å². The molecule has 0 saturated heterocycles. The molecular weight excluding hydrogens is 584 g/mol. The second-order valence-electron chi connectivity index (χ2n) is 18.0. The number of rotatable bonds is 6. The molecule has 0 radical (unpaired) electrons. The molecule has 0 amide bonds. The van der Waals surface area contributed by atoms with Gasteiger partial charge in [0.2, 0.25) is 0 Å². The Hall–Kier alpha value is -3.27. The smallest absolute Gasteiger partial charge is 0.0996 e. The van der Waals surface area contributed by atoms with Crippen molar-refractivity contribution in [2.45, 2.75) is 115 Å². The molecule has 10 heteroatoms. The van der Waals surface area contributed by atoms with Crippen LogP contribution in [0.25, 0.3) is 0 Å². The number of aryl methyl sites for hydroxylation is 3. The molecule has 10 nitrogen and oxygen atoms in total. The van der Waals surface area contributed by atoms with Gasteiger partial charge in [0.05, 0.1) is 30.0 Å². The number of nitrogens with zero attached hydrogens (tertiary/aromatic N) is 9. The summed E-state index contributed by atoms with van der Waals surface area (Å²) in [5.74, 6) is 0. The number of H-pyrrole nitrogens is 1. The van der Waals surface area contributed by atoms with Gasteiger partial charge in [-0.2, -0.15) is 30.7 Å². The zero-order valence-electron chi connectivity index (χ0n) is 33.0. The number of hydrogen-bond donors (Lipinski definition) is 1. The minimum absolute atomic E-state index is 0. The monoisotopic (exact) mass is 657 g/mol. The Morgan fingerprint density at radius 2 is 0.830 bits per heavy atom. The summed E-state index contributed by atoms with van der Waals surface area (Å²) in [6.07, 6.45) is 16.3. The number of aromatic nitrogens is 9. The van der Waals surface area contributed by atoms with Crippen molar-refractivity contribution < 1.29 is 2.85 Å². The van der Waals surface area contributed by atoms with Crippen LogP contribution in [0.1, 0.15) is 114 Å². The van der Waals surface area contributed by atoms with Gasteiger partial charge in [-0.3, -0.25) is 14.0 Å². The summed E-state index contributed by atoms with van der Waals surface area (Å²) in [6.45, 7) is 27.6. The first kappa shape index (κ1) is 41.8. The summed E-state index contributed by atoms with van der Waals surface area (Å²) in [7, 11) is 9.93. The molecule has 0 aliphatic rings. The number of nitrogens with one attached hydrogen (secondary N) is 1. The van der Waals surface area contributed by atoms with Crippen LogP contribution < -0.4 is 0 Å². The quantitative estimate of drug-likeness (QED) is 0.226. The molecular formula is C37H72N10. The van der Waals surface area contributed by atoms with Crippen molar-refractivity contribution in [3.63, 3.8) is 0 Å². The van der Waals surface area contributed by atoms with Crippen molar-refractivity contribution in [2.75, 3.05) is 14.1 Å². The van der Waals surface area contributed by atoms with Gasteiger partial charge < -0.3 is 4.90 Å². The lowest BCUT2D eigenvalue weighted by Gasteiger charge is -2.17. The van der Waals surface area contributed by atoms with Crippen LogP contribution in [0.5, 0.6) is 0 Å². The maximum Gasteiger partial charge on any atom is 0.0996 e. The normalized spacial score (nSPS) is 12.1. The van der Waals surface area contributed by atoms with E-state index >= 15 is 0 Å². The molecule has 0 fully saturated rings. The Morgan fingerprint density at radius 3 is 1.06 bits per heavy atom. The van der Waals surface area contributed by atoms with E-state index in [1.807, 2.05) is 67.9 Å². The Morgan fingerprint density at radius 1 is 0.532 bits per heavy atom. The standard InChI is InChI=1S/C10H20N4.3C9H16N2.2H2/c1-10(2,3)6-8-9(7-14(4)5)12-13-11-8;3*1-9(2,3)5-8-6-10-11(4)7-8;;/h6-7H2,1-5H3,(H,11,12,13);3*6-7H,5H2,1-4H3;2*1H. The molecule has 0 aromatic carbocycles. The van der Waals surface area contributed by atoms with E-state index in [2.05, 4.69) is 137 Å². The summed E-state index contributed by atoms with van der Waals surface area (Å²) >= 11 is 0. The molecule has 4 aromatic rings. The zero-order chi connectivity index (χ0) is 36.2. The highest BCUT2D eigenvalue weighted by atomic mass is 15.3. The Balaban J connectivity index is 0. The summed E-state index contributed by atoms with van der Waals surface area (Å²) in [5, 5.41) is 23.4. The first-order chi connectivity index (χ1) is 21.3. The van der Waals surface area contributed by atoms with Crippen molar-refractivity contribution in [3.8, 4) is 0 Å². The lowest BCUT2D eigenvalue weighted by Crippen LogP contribution is -2.15. The minimum atomic E-state index is 0. The molecule has 1 N–H and O–H groups in total. The molecule has 0 spiro atoms. The SMILES string of the molecule is CN(C)Cc1n[nH]nc1CC(C)(C)C.Cn1cc(CC(C)(C)C)cn1.Cn1cc(CC(C)(C)C)cn1.Cn1cc(CC(C)(C)C)cn1.[HH].[HH]. The van der Waals surface area contributed by atoms with Gasteiger partial charge in [0.15, 0.2) is 0 Å².